The Labute approximate surface area is 149 Å². The van der Waals surface area contributed by atoms with E-state index in [1.807, 2.05) is 0 Å². The average molecular weight is 343 g/mol. The summed E-state index contributed by atoms with van der Waals surface area (Å²) in [4.78, 5) is 0. The number of unbranched alkanes of at least 4 members (excludes halogenated alkanes) is 10. The summed E-state index contributed by atoms with van der Waals surface area (Å²) in [6, 6.07) is 0. The molecule has 0 saturated heterocycles. The van der Waals surface area contributed by atoms with E-state index in [4.69, 9.17) is 0 Å². The molecule has 1 radical (unpaired) electrons. The molecule has 19 heavy (non-hydrogen) atoms. The van der Waals surface area contributed by atoms with Crippen LogP contribution in [-0.2, 0) is 32.7 Å². The van der Waals surface area contributed by atoms with Gasteiger partial charge in [0.15, 0.2) is 0 Å². The van der Waals surface area contributed by atoms with Gasteiger partial charge in [-0.15, -0.1) is 0 Å². The topological polar surface area (TPSA) is 0 Å². The van der Waals surface area contributed by atoms with Crippen LogP contribution >= 0.6 is 0 Å². The Morgan fingerprint density at radius 1 is 0.789 bits per heavy atom. The van der Waals surface area contributed by atoms with Gasteiger partial charge in [-0.25, -0.2) is 0 Å². The quantitative estimate of drug-likeness (QED) is 0.249. The first-order valence-corrected chi connectivity index (χ1v) is 8.09. The standard InChI is InChI=1S/C17H35.CH3.Y/c1-4-6-7-8-9-10-11-12-13-14-15-16-17(3)5-2;;/h4,17H,5-16H2,1-3H3;1H3;/q2*-1;. The molecule has 0 aromatic carbocycles. The summed E-state index contributed by atoms with van der Waals surface area (Å²) < 4.78 is 0. The molecule has 0 saturated carbocycles. The molecule has 0 aliphatic heterocycles. The van der Waals surface area contributed by atoms with Crippen molar-refractivity contribution in [3.05, 3.63) is 13.8 Å². The van der Waals surface area contributed by atoms with Gasteiger partial charge in [-0.05, 0) is 5.92 Å². The molecule has 1 heteroatoms. The van der Waals surface area contributed by atoms with E-state index in [9.17, 15) is 0 Å². The van der Waals surface area contributed by atoms with Gasteiger partial charge in [0.25, 0.3) is 0 Å². The fourth-order valence-electron chi connectivity index (χ4n) is 2.28. The van der Waals surface area contributed by atoms with Crippen LogP contribution in [0.3, 0.4) is 0 Å². The van der Waals surface area contributed by atoms with Crippen molar-refractivity contribution in [2.24, 2.45) is 5.92 Å². The molecule has 0 heterocycles. The molecule has 1 unspecified atom stereocenters. The predicted octanol–water partition coefficient (Wildman–Crippen LogP) is 7.00. The SMILES string of the molecule is C[CH-]CCCCCCCCCCCC(C)CC.[CH3-].[Y]. The molecule has 115 valence electrons. The summed E-state index contributed by atoms with van der Waals surface area (Å²) in [6.07, 6.45) is 19.5. The third-order valence-electron chi connectivity index (χ3n) is 3.89. The van der Waals surface area contributed by atoms with Crippen LogP contribution in [0.4, 0.5) is 0 Å². The van der Waals surface area contributed by atoms with Crippen LogP contribution in [0.2, 0.25) is 0 Å². The van der Waals surface area contributed by atoms with Crippen molar-refractivity contribution in [2.75, 3.05) is 0 Å². The van der Waals surface area contributed by atoms with E-state index in [1.54, 1.807) is 0 Å². The summed E-state index contributed by atoms with van der Waals surface area (Å²) in [5, 5.41) is 0. The molecule has 0 nitrogen and oxygen atoms in total. The van der Waals surface area contributed by atoms with Crippen molar-refractivity contribution in [1.82, 2.24) is 0 Å². The smallest absolute Gasteiger partial charge is 0 e. The fourth-order valence-corrected chi connectivity index (χ4v) is 2.28. The Hall–Kier alpha value is 1.10. The fraction of sp³-hybridized carbons (Fsp3) is 0.889. The second-order valence-corrected chi connectivity index (χ2v) is 5.68. The zero-order valence-electron chi connectivity index (χ0n) is 14.2. The van der Waals surface area contributed by atoms with Crippen LogP contribution in [0.1, 0.15) is 97.8 Å². The minimum atomic E-state index is 0. The predicted molar refractivity (Wildman–Crippen MR) is 86.6 cm³/mol. The largest absolute Gasteiger partial charge is 0.358 e. The van der Waals surface area contributed by atoms with E-state index in [2.05, 4.69) is 27.2 Å². The Kier molecular flexibility index (Phi) is 28.3. The normalized spacial score (nSPS) is 11.5. The van der Waals surface area contributed by atoms with E-state index in [-0.39, 0.29) is 40.1 Å². The molecule has 0 spiro atoms. The molecule has 0 amide bonds. The zero-order valence-corrected chi connectivity index (χ0v) is 17.1. The van der Waals surface area contributed by atoms with Crippen LogP contribution in [0.15, 0.2) is 0 Å². The Morgan fingerprint density at radius 3 is 1.63 bits per heavy atom. The van der Waals surface area contributed by atoms with Crippen LogP contribution < -0.4 is 0 Å². The maximum atomic E-state index is 2.38. The van der Waals surface area contributed by atoms with Gasteiger partial charge in [0.05, 0.1) is 0 Å². The zero-order chi connectivity index (χ0) is 12.8. The van der Waals surface area contributed by atoms with Gasteiger partial charge in [0, 0.05) is 32.7 Å². The van der Waals surface area contributed by atoms with Crippen LogP contribution in [0, 0.1) is 19.8 Å². The molecule has 0 N–H and O–H groups in total. The molecular weight excluding hydrogens is 305 g/mol. The molecule has 0 fully saturated rings. The van der Waals surface area contributed by atoms with Crippen LogP contribution in [0.5, 0.6) is 0 Å². The summed E-state index contributed by atoms with van der Waals surface area (Å²) in [7, 11) is 0. The summed E-state index contributed by atoms with van der Waals surface area (Å²) in [6.45, 7) is 6.86. The van der Waals surface area contributed by atoms with Crippen molar-refractivity contribution < 1.29 is 32.7 Å². The second kappa shape index (κ2) is 21.4. The van der Waals surface area contributed by atoms with Gasteiger partial charge in [0.1, 0.15) is 0 Å². The van der Waals surface area contributed by atoms with Crippen molar-refractivity contribution in [1.29, 1.82) is 0 Å². The van der Waals surface area contributed by atoms with Crippen LogP contribution in [-0.4, -0.2) is 0 Å². The minimum absolute atomic E-state index is 0. The third kappa shape index (κ3) is 21.6. The van der Waals surface area contributed by atoms with Gasteiger partial charge in [-0.3, -0.25) is 0 Å². The van der Waals surface area contributed by atoms with E-state index >= 15 is 0 Å². The monoisotopic (exact) mass is 343 g/mol. The maximum Gasteiger partial charge on any atom is 0 e. The summed E-state index contributed by atoms with van der Waals surface area (Å²) in [5.74, 6) is 0.949. The van der Waals surface area contributed by atoms with E-state index < -0.39 is 0 Å². The average Bonchev–Trinajstić information content (AvgIpc) is 2.35. The first-order chi connectivity index (χ1) is 8.31. The molecule has 1 atom stereocenters. The first-order valence-electron chi connectivity index (χ1n) is 8.09. The number of hydrogen-bond donors (Lipinski definition) is 0. The van der Waals surface area contributed by atoms with Crippen molar-refractivity contribution in [3.63, 3.8) is 0 Å². The molecule has 0 aromatic rings. The first kappa shape index (κ1) is 25.1. The van der Waals surface area contributed by atoms with E-state index in [1.165, 1.54) is 77.0 Å². The maximum absolute atomic E-state index is 2.38. The molecule has 0 rings (SSSR count). The Morgan fingerprint density at radius 2 is 1.21 bits per heavy atom. The summed E-state index contributed by atoms with van der Waals surface area (Å²) in [5.41, 5.74) is 0. The van der Waals surface area contributed by atoms with Gasteiger partial charge in [-0.2, -0.15) is 13.3 Å². The third-order valence-corrected chi connectivity index (χ3v) is 3.89. The Balaban J connectivity index is -0.00000128. The van der Waals surface area contributed by atoms with E-state index in [0.29, 0.717) is 0 Å². The minimum Gasteiger partial charge on any atom is -0.358 e. The van der Waals surface area contributed by atoms with Gasteiger partial charge >= 0.3 is 0 Å². The van der Waals surface area contributed by atoms with Gasteiger partial charge < -0.3 is 13.8 Å². The van der Waals surface area contributed by atoms with Crippen molar-refractivity contribution >= 4 is 0 Å². The summed E-state index contributed by atoms with van der Waals surface area (Å²) >= 11 is 0. The molecule has 0 aliphatic carbocycles. The number of hydrogen-bond acceptors (Lipinski definition) is 0. The second-order valence-electron chi connectivity index (χ2n) is 5.68. The molecular formula is C18H38Y-2. The van der Waals surface area contributed by atoms with Crippen molar-refractivity contribution in [2.45, 2.75) is 97.8 Å². The van der Waals surface area contributed by atoms with Crippen LogP contribution in [0.25, 0.3) is 0 Å². The molecule has 0 aliphatic rings. The molecule has 0 bridgehead atoms. The van der Waals surface area contributed by atoms with Gasteiger partial charge in [0.2, 0.25) is 0 Å². The molecule has 0 aromatic heterocycles. The van der Waals surface area contributed by atoms with Crippen molar-refractivity contribution in [3.8, 4) is 0 Å². The number of rotatable bonds is 13. The van der Waals surface area contributed by atoms with E-state index in [0.717, 1.165) is 5.92 Å². The Bertz CT molecular complexity index is 134. The van der Waals surface area contributed by atoms with Gasteiger partial charge in [-0.1, -0.05) is 84.5 Å².